The molecule has 0 fully saturated rings. The summed E-state index contributed by atoms with van der Waals surface area (Å²) in [6.45, 7) is -1.87. The molecule has 0 heterocycles. The van der Waals surface area contributed by atoms with Gasteiger partial charge in [0.2, 0.25) is 0 Å². The standard InChI is InChI=1S/C5H14O8P2.H3P/c6-1-5(2-7,3-12-14(8)9)4-13-15(10)11;/h6-11H,1-4H2;1H3. The predicted molar refractivity (Wildman–Crippen MR) is 62.3 cm³/mol. The van der Waals surface area contributed by atoms with Crippen molar-refractivity contribution in [1.82, 2.24) is 0 Å². The molecule has 1 unspecified atom stereocenters. The van der Waals surface area contributed by atoms with Gasteiger partial charge in [0.15, 0.2) is 0 Å². The molecule has 0 aliphatic heterocycles. The Morgan fingerprint density at radius 2 is 1.12 bits per heavy atom. The SMILES string of the molecule is OCC(CO)(COP(O)O)COP(O)O.P. The van der Waals surface area contributed by atoms with E-state index in [1.165, 1.54) is 0 Å². The van der Waals surface area contributed by atoms with Crippen LogP contribution < -0.4 is 0 Å². The third-order valence-corrected chi connectivity index (χ3v) is 2.36. The molecule has 0 saturated carbocycles. The van der Waals surface area contributed by atoms with Crippen molar-refractivity contribution in [3.63, 3.8) is 0 Å². The average Bonchev–Trinajstić information content (AvgIpc) is 2.19. The number of hydrogen-bond acceptors (Lipinski definition) is 8. The molecule has 100 valence electrons. The second kappa shape index (κ2) is 9.95. The molecule has 8 nitrogen and oxygen atoms in total. The summed E-state index contributed by atoms with van der Waals surface area (Å²) < 4.78 is 8.88. The first-order valence-corrected chi connectivity index (χ1v) is 6.12. The first-order chi connectivity index (χ1) is 6.95. The van der Waals surface area contributed by atoms with Gasteiger partial charge < -0.3 is 38.8 Å². The van der Waals surface area contributed by atoms with E-state index in [9.17, 15) is 0 Å². The maximum Gasteiger partial charge on any atom is 0.327 e. The van der Waals surface area contributed by atoms with E-state index in [1.807, 2.05) is 0 Å². The molecule has 1 atom stereocenters. The summed E-state index contributed by atoms with van der Waals surface area (Å²) in [6, 6.07) is 0. The van der Waals surface area contributed by atoms with Crippen LogP contribution in [-0.4, -0.2) is 56.2 Å². The van der Waals surface area contributed by atoms with E-state index in [0.29, 0.717) is 0 Å². The van der Waals surface area contributed by atoms with Crippen LogP contribution in [0.4, 0.5) is 0 Å². The van der Waals surface area contributed by atoms with Crippen LogP contribution in [0.2, 0.25) is 0 Å². The Morgan fingerprint density at radius 1 is 0.812 bits per heavy atom. The molecule has 11 heteroatoms. The number of aliphatic hydroxyl groups is 2. The van der Waals surface area contributed by atoms with E-state index in [4.69, 9.17) is 29.8 Å². The van der Waals surface area contributed by atoms with E-state index in [2.05, 4.69) is 9.05 Å². The number of aliphatic hydroxyl groups excluding tert-OH is 2. The summed E-state index contributed by atoms with van der Waals surface area (Å²) in [5.74, 6) is 0. The molecular formula is C5H17O8P3. The van der Waals surface area contributed by atoms with Gasteiger partial charge in [-0.1, -0.05) is 0 Å². The summed E-state index contributed by atoms with van der Waals surface area (Å²) in [5.41, 5.74) is -1.29. The van der Waals surface area contributed by atoms with Crippen LogP contribution >= 0.6 is 27.1 Å². The monoisotopic (exact) mass is 298 g/mol. The summed E-state index contributed by atoms with van der Waals surface area (Å²) >= 11 is 0. The maximum absolute atomic E-state index is 8.97. The molecular weight excluding hydrogens is 281 g/mol. The highest BCUT2D eigenvalue weighted by molar-refractivity contribution is 7.39. The van der Waals surface area contributed by atoms with Crippen molar-refractivity contribution in [2.45, 2.75) is 0 Å². The molecule has 0 aliphatic rings. The van der Waals surface area contributed by atoms with Crippen LogP contribution in [0.15, 0.2) is 0 Å². The van der Waals surface area contributed by atoms with Crippen LogP contribution in [0.1, 0.15) is 0 Å². The van der Waals surface area contributed by atoms with Gasteiger partial charge in [-0.25, -0.2) is 0 Å². The largest absolute Gasteiger partial charge is 0.396 e. The smallest absolute Gasteiger partial charge is 0.327 e. The van der Waals surface area contributed by atoms with Gasteiger partial charge in [-0.2, -0.15) is 9.90 Å². The second-order valence-corrected chi connectivity index (χ2v) is 4.40. The van der Waals surface area contributed by atoms with Crippen molar-refractivity contribution >= 4 is 27.1 Å². The van der Waals surface area contributed by atoms with E-state index in [1.54, 1.807) is 0 Å². The molecule has 0 aromatic rings. The van der Waals surface area contributed by atoms with Crippen LogP contribution in [-0.2, 0) is 9.05 Å². The van der Waals surface area contributed by atoms with E-state index in [-0.39, 0.29) is 23.1 Å². The van der Waals surface area contributed by atoms with Crippen LogP contribution in [0.25, 0.3) is 0 Å². The fourth-order valence-corrected chi connectivity index (χ4v) is 1.44. The first kappa shape index (κ1) is 19.3. The normalized spacial score (nSPS) is 12.0. The lowest BCUT2D eigenvalue weighted by Gasteiger charge is -2.28. The molecule has 0 spiro atoms. The molecule has 0 aromatic heterocycles. The van der Waals surface area contributed by atoms with Crippen LogP contribution in [0.5, 0.6) is 0 Å². The zero-order valence-electron chi connectivity index (χ0n) is 8.43. The Morgan fingerprint density at radius 3 is 1.31 bits per heavy atom. The van der Waals surface area contributed by atoms with Gasteiger partial charge >= 0.3 is 17.2 Å². The van der Waals surface area contributed by atoms with E-state index < -0.39 is 35.8 Å². The lowest BCUT2D eigenvalue weighted by Crippen LogP contribution is -2.38. The van der Waals surface area contributed by atoms with Gasteiger partial charge in [0.05, 0.1) is 31.8 Å². The van der Waals surface area contributed by atoms with Gasteiger partial charge in [0, 0.05) is 0 Å². The van der Waals surface area contributed by atoms with Gasteiger partial charge in [-0.05, 0) is 0 Å². The topological polar surface area (TPSA) is 140 Å². The summed E-state index contributed by atoms with van der Waals surface area (Å²) in [7, 11) is -5.20. The van der Waals surface area contributed by atoms with Crippen LogP contribution in [0, 0.1) is 5.41 Å². The summed E-state index contributed by atoms with van der Waals surface area (Å²) in [4.78, 5) is 33.9. The molecule has 0 bridgehead atoms. The van der Waals surface area contributed by atoms with Crippen molar-refractivity contribution in [2.75, 3.05) is 26.4 Å². The Balaban J connectivity index is 0. The van der Waals surface area contributed by atoms with Crippen LogP contribution in [0.3, 0.4) is 0 Å². The molecule has 6 N–H and O–H groups in total. The van der Waals surface area contributed by atoms with Crippen molar-refractivity contribution < 1.29 is 38.8 Å². The second-order valence-electron chi connectivity index (χ2n) is 2.87. The molecule has 0 amide bonds. The quantitative estimate of drug-likeness (QED) is 0.297. The number of hydrogen-bond donors (Lipinski definition) is 6. The Kier molecular flexibility index (Phi) is 12.0. The molecule has 16 heavy (non-hydrogen) atoms. The minimum Gasteiger partial charge on any atom is -0.396 e. The van der Waals surface area contributed by atoms with E-state index in [0.717, 1.165) is 0 Å². The molecule has 0 aromatic carbocycles. The van der Waals surface area contributed by atoms with Crippen molar-refractivity contribution in [1.29, 1.82) is 0 Å². The molecule has 0 rings (SSSR count). The molecule has 0 saturated heterocycles. The fourth-order valence-electron chi connectivity index (χ4n) is 0.664. The van der Waals surface area contributed by atoms with Gasteiger partial charge in [-0.15, -0.1) is 0 Å². The summed E-state index contributed by atoms with van der Waals surface area (Å²) in [5, 5.41) is 17.9. The third-order valence-electron chi connectivity index (χ3n) is 1.64. The average molecular weight is 298 g/mol. The molecule has 0 aliphatic carbocycles. The highest BCUT2D eigenvalue weighted by Crippen LogP contribution is 2.33. The lowest BCUT2D eigenvalue weighted by molar-refractivity contribution is -0.0232. The zero-order valence-corrected chi connectivity index (χ0v) is 11.6. The van der Waals surface area contributed by atoms with Crippen molar-refractivity contribution in [3.05, 3.63) is 0 Å². The highest BCUT2D eigenvalue weighted by atomic mass is 31.2. The Hall–Kier alpha value is 0.970. The van der Waals surface area contributed by atoms with E-state index >= 15 is 0 Å². The summed E-state index contributed by atoms with van der Waals surface area (Å²) in [6.07, 6.45) is 0. The van der Waals surface area contributed by atoms with Crippen molar-refractivity contribution in [2.24, 2.45) is 5.41 Å². The van der Waals surface area contributed by atoms with Gasteiger partial charge in [-0.3, -0.25) is 0 Å². The predicted octanol–water partition coefficient (Wildman–Crippen LogP) is -1.53. The Labute approximate surface area is 98.5 Å². The minimum absolute atomic E-state index is 0. The van der Waals surface area contributed by atoms with Gasteiger partial charge in [0.25, 0.3) is 0 Å². The van der Waals surface area contributed by atoms with Gasteiger partial charge in [0.1, 0.15) is 0 Å². The fraction of sp³-hybridized carbons (Fsp3) is 1.00. The zero-order chi connectivity index (χ0) is 11.9. The van der Waals surface area contributed by atoms with Crippen molar-refractivity contribution in [3.8, 4) is 0 Å². The Bertz CT molecular complexity index is 150. The highest BCUT2D eigenvalue weighted by Gasteiger charge is 2.32. The number of rotatable bonds is 8. The molecule has 0 radical (unpaired) electrons. The third kappa shape index (κ3) is 8.12. The first-order valence-electron chi connectivity index (χ1n) is 3.79. The lowest BCUT2D eigenvalue weighted by atomic mass is 9.93. The minimum atomic E-state index is -2.60. The maximum atomic E-state index is 8.97.